The minimum atomic E-state index is 0.773. The van der Waals surface area contributed by atoms with Crippen LogP contribution >= 0.6 is 63.7 Å². The van der Waals surface area contributed by atoms with Crippen molar-refractivity contribution in [1.82, 2.24) is 9.97 Å². The van der Waals surface area contributed by atoms with Gasteiger partial charge in [0.1, 0.15) is 9.21 Å². The quantitative estimate of drug-likeness (QED) is 0.535. The van der Waals surface area contributed by atoms with Crippen LogP contribution in [-0.2, 0) is 0 Å². The van der Waals surface area contributed by atoms with Gasteiger partial charge in [-0.25, -0.2) is 9.97 Å². The maximum Gasteiger partial charge on any atom is 0.107 e. The van der Waals surface area contributed by atoms with Gasteiger partial charge in [0.25, 0.3) is 0 Å². The molecule has 2 rings (SSSR count). The molecule has 2 aromatic heterocycles. The molecule has 0 bridgehead atoms. The molecule has 2 aromatic rings. The monoisotopic (exact) mass is 468 g/mol. The highest BCUT2D eigenvalue weighted by Crippen LogP contribution is 2.26. The van der Waals surface area contributed by atoms with Crippen LogP contribution in [0.1, 0.15) is 0 Å². The van der Waals surface area contributed by atoms with Gasteiger partial charge in [0.15, 0.2) is 0 Å². The average molecular weight is 472 g/mol. The van der Waals surface area contributed by atoms with Gasteiger partial charge in [0.2, 0.25) is 0 Å². The van der Waals surface area contributed by atoms with Crippen molar-refractivity contribution in [1.29, 1.82) is 0 Å². The largest absolute Gasteiger partial charge is 0.239 e. The summed E-state index contributed by atoms with van der Waals surface area (Å²) in [5.74, 6) is 0. The van der Waals surface area contributed by atoms with E-state index in [1.54, 1.807) is 0 Å². The van der Waals surface area contributed by atoms with E-state index >= 15 is 0 Å². The van der Waals surface area contributed by atoms with Crippen molar-refractivity contribution in [2.24, 2.45) is 0 Å². The Morgan fingerprint density at radius 3 is 1.31 bits per heavy atom. The molecule has 0 saturated carbocycles. The van der Waals surface area contributed by atoms with Gasteiger partial charge in [0, 0.05) is 8.95 Å². The molecule has 0 unspecified atom stereocenters. The predicted octanol–water partition coefficient (Wildman–Crippen LogP) is 5.19. The maximum absolute atomic E-state index is 4.37. The van der Waals surface area contributed by atoms with E-state index in [9.17, 15) is 0 Å². The van der Waals surface area contributed by atoms with Crippen molar-refractivity contribution >= 4 is 63.7 Å². The van der Waals surface area contributed by atoms with Gasteiger partial charge >= 0.3 is 0 Å². The number of hydrogen-bond donors (Lipinski definition) is 0. The van der Waals surface area contributed by atoms with Crippen molar-refractivity contribution in [3.05, 3.63) is 42.4 Å². The predicted molar refractivity (Wildman–Crippen MR) is 78.3 cm³/mol. The fourth-order valence-corrected chi connectivity index (χ4v) is 3.55. The fourth-order valence-electron chi connectivity index (χ4n) is 1.19. The van der Waals surface area contributed by atoms with Crippen molar-refractivity contribution in [3.63, 3.8) is 0 Å². The van der Waals surface area contributed by atoms with E-state index in [-0.39, 0.29) is 0 Å². The summed E-state index contributed by atoms with van der Waals surface area (Å²) in [7, 11) is 0. The molecule has 0 spiro atoms. The number of hydrogen-bond acceptors (Lipinski definition) is 2. The lowest BCUT2D eigenvalue weighted by molar-refractivity contribution is 1.19. The molecule has 0 atom stereocenters. The third-order valence-corrected chi connectivity index (χ3v) is 3.51. The summed E-state index contributed by atoms with van der Waals surface area (Å²) in [5.41, 5.74) is 1.62. The molecule has 2 heterocycles. The summed E-state index contributed by atoms with van der Waals surface area (Å²) in [5, 5.41) is 0. The second-order valence-corrected chi connectivity index (χ2v) is 6.44. The number of rotatable bonds is 1. The van der Waals surface area contributed by atoms with Crippen molar-refractivity contribution in [2.75, 3.05) is 0 Å². The van der Waals surface area contributed by atoms with Crippen molar-refractivity contribution < 1.29 is 0 Å². The Morgan fingerprint density at radius 1 is 0.625 bits per heavy atom. The Hall–Kier alpha value is 0.220. The minimum Gasteiger partial charge on any atom is -0.239 e. The van der Waals surface area contributed by atoms with Crippen molar-refractivity contribution in [2.45, 2.75) is 0 Å². The molecule has 82 valence electrons. The summed E-state index contributed by atoms with van der Waals surface area (Å²) in [6, 6.07) is 7.62. The molecule has 0 radical (unpaired) electrons. The molecule has 0 N–H and O–H groups in total. The molecular weight excluding hydrogens is 468 g/mol. The standard InChI is InChI=1S/C10H4Br4N2/c11-5-1-7(15-9(13)3-5)8-2-6(12)4-10(14)16-8/h1-4H. The summed E-state index contributed by atoms with van der Waals surface area (Å²) in [6.07, 6.45) is 0. The first kappa shape index (κ1) is 12.7. The first-order valence-electron chi connectivity index (χ1n) is 4.21. The van der Waals surface area contributed by atoms with Gasteiger partial charge in [-0.15, -0.1) is 0 Å². The zero-order valence-corrected chi connectivity index (χ0v) is 14.1. The van der Waals surface area contributed by atoms with E-state index in [4.69, 9.17) is 0 Å². The fraction of sp³-hybridized carbons (Fsp3) is 0. The van der Waals surface area contributed by atoms with E-state index in [1.165, 1.54) is 0 Å². The molecular formula is C10H4Br4N2. The van der Waals surface area contributed by atoms with Crippen LogP contribution in [-0.4, -0.2) is 9.97 Å². The van der Waals surface area contributed by atoms with Crippen LogP contribution in [0, 0.1) is 0 Å². The van der Waals surface area contributed by atoms with Crippen molar-refractivity contribution in [3.8, 4) is 11.4 Å². The molecule has 2 nitrogen and oxygen atoms in total. The lowest BCUT2D eigenvalue weighted by Gasteiger charge is -2.03. The number of aromatic nitrogens is 2. The molecule has 6 heteroatoms. The highest BCUT2D eigenvalue weighted by atomic mass is 79.9. The van der Waals surface area contributed by atoms with Gasteiger partial charge in [-0.2, -0.15) is 0 Å². The molecule has 16 heavy (non-hydrogen) atoms. The zero-order chi connectivity index (χ0) is 11.7. The topological polar surface area (TPSA) is 25.8 Å². The number of halogens is 4. The Kier molecular flexibility index (Phi) is 4.15. The van der Waals surface area contributed by atoms with Gasteiger partial charge < -0.3 is 0 Å². The zero-order valence-electron chi connectivity index (χ0n) is 7.72. The minimum absolute atomic E-state index is 0.773. The third-order valence-electron chi connectivity index (χ3n) is 1.78. The second kappa shape index (κ2) is 5.25. The van der Waals surface area contributed by atoms with Crippen LogP contribution in [0.15, 0.2) is 42.4 Å². The van der Waals surface area contributed by atoms with Crippen LogP contribution in [0.5, 0.6) is 0 Å². The van der Waals surface area contributed by atoms with E-state index in [0.29, 0.717) is 0 Å². The first-order chi connectivity index (χ1) is 7.54. The number of nitrogens with zero attached hydrogens (tertiary/aromatic N) is 2. The highest BCUT2D eigenvalue weighted by Gasteiger charge is 2.06. The van der Waals surface area contributed by atoms with Gasteiger partial charge in [-0.3, -0.25) is 0 Å². The summed E-state index contributed by atoms with van der Waals surface area (Å²) in [6.45, 7) is 0. The Balaban J connectivity index is 2.57. The van der Waals surface area contributed by atoms with E-state index < -0.39 is 0 Å². The highest BCUT2D eigenvalue weighted by molar-refractivity contribution is 9.11. The second-order valence-electron chi connectivity index (χ2n) is 2.99. The van der Waals surface area contributed by atoms with Gasteiger partial charge in [-0.1, -0.05) is 31.9 Å². The molecule has 0 aliphatic rings. The average Bonchev–Trinajstić information content (AvgIpc) is 2.14. The normalized spacial score (nSPS) is 10.5. The van der Waals surface area contributed by atoms with Crippen LogP contribution in [0.25, 0.3) is 11.4 Å². The first-order valence-corrected chi connectivity index (χ1v) is 7.38. The smallest absolute Gasteiger partial charge is 0.107 e. The van der Waals surface area contributed by atoms with E-state index in [2.05, 4.69) is 73.7 Å². The number of pyridine rings is 2. The molecule has 0 aromatic carbocycles. The Labute approximate surface area is 126 Å². The van der Waals surface area contributed by atoms with E-state index in [0.717, 1.165) is 29.5 Å². The lowest BCUT2D eigenvalue weighted by atomic mass is 10.2. The summed E-state index contributed by atoms with van der Waals surface area (Å²) < 4.78 is 3.47. The van der Waals surface area contributed by atoms with Gasteiger partial charge in [0.05, 0.1) is 11.4 Å². The van der Waals surface area contributed by atoms with Crippen LogP contribution in [0.2, 0.25) is 0 Å². The van der Waals surface area contributed by atoms with Gasteiger partial charge in [-0.05, 0) is 56.1 Å². The lowest BCUT2D eigenvalue weighted by Crippen LogP contribution is -1.89. The molecule has 0 aliphatic heterocycles. The van der Waals surface area contributed by atoms with Crippen LogP contribution in [0.4, 0.5) is 0 Å². The molecule has 0 amide bonds. The molecule has 0 saturated heterocycles. The Morgan fingerprint density at radius 2 is 1.00 bits per heavy atom. The Bertz CT molecular complexity index is 452. The third kappa shape index (κ3) is 3.12. The van der Waals surface area contributed by atoms with E-state index in [1.807, 2.05) is 24.3 Å². The summed E-state index contributed by atoms with van der Waals surface area (Å²) >= 11 is 13.6. The maximum atomic E-state index is 4.37. The molecule has 0 aliphatic carbocycles. The molecule has 0 fully saturated rings. The SMILES string of the molecule is Brc1cc(Br)nc(-c2cc(Br)cc(Br)n2)c1. The summed E-state index contributed by atoms with van der Waals surface area (Å²) in [4.78, 5) is 8.74. The van der Waals surface area contributed by atoms with Crippen LogP contribution in [0.3, 0.4) is 0 Å². The van der Waals surface area contributed by atoms with Crippen LogP contribution < -0.4 is 0 Å².